The third kappa shape index (κ3) is 2.08. The fraction of sp³-hybridized carbons (Fsp3) is 0.118. The Balaban J connectivity index is 2.18. The first-order chi connectivity index (χ1) is 9.58. The van der Waals surface area contributed by atoms with E-state index >= 15 is 0 Å². The summed E-state index contributed by atoms with van der Waals surface area (Å²) < 4.78 is 0.972. The monoisotopic (exact) mass is 327 g/mol. The molecular weight excluding hydrogens is 314 g/mol. The van der Waals surface area contributed by atoms with Gasteiger partial charge in [0, 0.05) is 32.7 Å². The Bertz CT molecular complexity index is 817. The van der Waals surface area contributed by atoms with Crippen LogP contribution in [-0.4, -0.2) is 10.8 Å². The van der Waals surface area contributed by atoms with Crippen LogP contribution in [0.4, 0.5) is 0 Å². The Morgan fingerprint density at radius 2 is 1.90 bits per heavy atom. The molecule has 0 aliphatic heterocycles. The van der Waals surface area contributed by atoms with Crippen LogP contribution in [0.5, 0.6) is 0 Å². The molecule has 2 aromatic carbocycles. The van der Waals surface area contributed by atoms with Crippen molar-refractivity contribution in [1.29, 1.82) is 0 Å². The minimum absolute atomic E-state index is 0.0653. The van der Waals surface area contributed by atoms with E-state index in [9.17, 15) is 4.79 Å². The molecular formula is C17H14BrNO. The van der Waals surface area contributed by atoms with Crippen LogP contribution in [0.15, 0.2) is 47.1 Å². The molecule has 3 rings (SSSR count). The van der Waals surface area contributed by atoms with Gasteiger partial charge in [-0.3, -0.25) is 4.79 Å². The molecule has 0 aliphatic carbocycles. The second-order valence-corrected chi connectivity index (χ2v) is 5.88. The second kappa shape index (κ2) is 4.91. The summed E-state index contributed by atoms with van der Waals surface area (Å²) in [4.78, 5) is 15.9. The fourth-order valence-electron chi connectivity index (χ4n) is 2.42. The third-order valence-electron chi connectivity index (χ3n) is 3.74. The average molecular weight is 328 g/mol. The zero-order valence-corrected chi connectivity index (χ0v) is 12.9. The first-order valence-electron chi connectivity index (χ1n) is 6.45. The van der Waals surface area contributed by atoms with E-state index in [1.165, 1.54) is 0 Å². The molecule has 0 aliphatic rings. The third-order valence-corrected chi connectivity index (χ3v) is 4.23. The maximum absolute atomic E-state index is 12.8. The number of ketones is 1. The van der Waals surface area contributed by atoms with Crippen molar-refractivity contribution in [3.63, 3.8) is 0 Å². The number of carbonyl (C=O) groups is 1. The summed E-state index contributed by atoms with van der Waals surface area (Å²) in [6.45, 7) is 4.02. The number of benzene rings is 2. The van der Waals surface area contributed by atoms with Gasteiger partial charge in [-0.15, -0.1) is 0 Å². The van der Waals surface area contributed by atoms with Gasteiger partial charge in [0.2, 0.25) is 0 Å². The summed E-state index contributed by atoms with van der Waals surface area (Å²) in [7, 11) is 0. The lowest BCUT2D eigenvalue weighted by molar-refractivity contribution is 0.103. The predicted octanol–water partition coefficient (Wildman–Crippen LogP) is 4.78. The molecule has 100 valence electrons. The summed E-state index contributed by atoms with van der Waals surface area (Å²) in [5.41, 5.74) is 4.64. The Labute approximate surface area is 126 Å². The van der Waals surface area contributed by atoms with Crippen molar-refractivity contribution < 1.29 is 4.79 Å². The molecule has 0 unspecified atom stereocenters. The molecule has 3 aromatic rings. The van der Waals surface area contributed by atoms with Crippen LogP contribution in [0.25, 0.3) is 10.9 Å². The Hall–Kier alpha value is -1.87. The van der Waals surface area contributed by atoms with Crippen molar-refractivity contribution in [3.05, 3.63) is 69.3 Å². The van der Waals surface area contributed by atoms with Crippen molar-refractivity contribution in [2.75, 3.05) is 0 Å². The molecule has 1 N–H and O–H groups in total. The highest BCUT2D eigenvalue weighted by Crippen LogP contribution is 2.26. The van der Waals surface area contributed by atoms with Gasteiger partial charge in [-0.05, 0) is 43.2 Å². The number of nitrogens with one attached hydrogen (secondary N) is 1. The largest absolute Gasteiger partial charge is 0.360 e. The van der Waals surface area contributed by atoms with Crippen molar-refractivity contribution in [2.24, 2.45) is 0 Å². The number of aryl methyl sites for hydroxylation is 1. The minimum atomic E-state index is 0.0653. The Morgan fingerprint density at radius 1 is 1.10 bits per heavy atom. The lowest BCUT2D eigenvalue weighted by Crippen LogP contribution is -2.04. The summed E-state index contributed by atoms with van der Waals surface area (Å²) in [6, 6.07) is 11.8. The minimum Gasteiger partial charge on any atom is -0.360 e. The molecule has 20 heavy (non-hydrogen) atoms. The van der Waals surface area contributed by atoms with Crippen LogP contribution in [0.3, 0.4) is 0 Å². The summed E-state index contributed by atoms with van der Waals surface area (Å²) >= 11 is 3.46. The van der Waals surface area contributed by atoms with E-state index in [1.807, 2.05) is 50.2 Å². The van der Waals surface area contributed by atoms with Crippen LogP contribution in [0, 0.1) is 13.8 Å². The van der Waals surface area contributed by atoms with E-state index < -0.39 is 0 Å². The highest BCUT2D eigenvalue weighted by atomic mass is 79.9. The molecule has 0 radical (unpaired) electrons. The number of rotatable bonds is 2. The standard InChI is InChI=1S/C17H14BrNO/c1-10-4-3-5-13(11(10)2)17(20)15-9-19-16-7-6-12(18)8-14(15)16/h3-9,19H,1-2H3. The van der Waals surface area contributed by atoms with Crippen molar-refractivity contribution in [3.8, 4) is 0 Å². The lowest BCUT2D eigenvalue weighted by atomic mass is 9.96. The molecule has 2 nitrogen and oxygen atoms in total. The molecule has 0 spiro atoms. The molecule has 0 amide bonds. The van der Waals surface area contributed by atoms with Gasteiger partial charge in [-0.2, -0.15) is 0 Å². The molecule has 0 bridgehead atoms. The number of aromatic amines is 1. The van der Waals surface area contributed by atoms with Crippen molar-refractivity contribution in [1.82, 2.24) is 4.98 Å². The molecule has 0 atom stereocenters. The summed E-state index contributed by atoms with van der Waals surface area (Å²) in [5.74, 6) is 0.0653. The maximum Gasteiger partial charge on any atom is 0.195 e. The zero-order chi connectivity index (χ0) is 14.3. The molecule has 0 saturated heterocycles. The summed E-state index contributed by atoms with van der Waals surface area (Å²) in [6.07, 6.45) is 1.79. The lowest BCUT2D eigenvalue weighted by Gasteiger charge is -2.07. The number of fused-ring (bicyclic) bond motifs is 1. The van der Waals surface area contributed by atoms with Crippen LogP contribution in [0.1, 0.15) is 27.0 Å². The van der Waals surface area contributed by atoms with E-state index in [1.54, 1.807) is 6.20 Å². The first kappa shape index (κ1) is 13.1. The molecule has 1 aromatic heterocycles. The number of aromatic nitrogens is 1. The van der Waals surface area contributed by atoms with Crippen LogP contribution < -0.4 is 0 Å². The van der Waals surface area contributed by atoms with E-state index in [2.05, 4.69) is 20.9 Å². The van der Waals surface area contributed by atoms with Gasteiger partial charge in [0.15, 0.2) is 5.78 Å². The molecule has 3 heteroatoms. The van der Waals surface area contributed by atoms with Crippen molar-refractivity contribution in [2.45, 2.75) is 13.8 Å². The van der Waals surface area contributed by atoms with Gasteiger partial charge in [-0.25, -0.2) is 0 Å². The van der Waals surface area contributed by atoms with Crippen molar-refractivity contribution >= 4 is 32.6 Å². The van der Waals surface area contributed by atoms with E-state index in [0.717, 1.165) is 37.6 Å². The number of carbonyl (C=O) groups excluding carboxylic acids is 1. The fourth-order valence-corrected chi connectivity index (χ4v) is 2.78. The van der Waals surface area contributed by atoms with Crippen LogP contribution >= 0.6 is 15.9 Å². The molecule has 1 heterocycles. The van der Waals surface area contributed by atoms with Crippen LogP contribution in [-0.2, 0) is 0 Å². The summed E-state index contributed by atoms with van der Waals surface area (Å²) in [5, 5.41) is 0.949. The Kier molecular flexibility index (Phi) is 3.22. The van der Waals surface area contributed by atoms with Crippen LogP contribution in [0.2, 0.25) is 0 Å². The van der Waals surface area contributed by atoms with E-state index in [0.29, 0.717) is 0 Å². The maximum atomic E-state index is 12.8. The van der Waals surface area contributed by atoms with Gasteiger partial charge < -0.3 is 4.98 Å². The predicted molar refractivity (Wildman–Crippen MR) is 85.3 cm³/mol. The number of hydrogen-bond donors (Lipinski definition) is 1. The van der Waals surface area contributed by atoms with Gasteiger partial charge in [0.25, 0.3) is 0 Å². The second-order valence-electron chi connectivity index (χ2n) is 4.97. The first-order valence-corrected chi connectivity index (χ1v) is 7.25. The van der Waals surface area contributed by atoms with Gasteiger partial charge in [0.1, 0.15) is 0 Å². The average Bonchev–Trinajstić information content (AvgIpc) is 2.84. The zero-order valence-electron chi connectivity index (χ0n) is 11.3. The number of hydrogen-bond acceptors (Lipinski definition) is 1. The van der Waals surface area contributed by atoms with Gasteiger partial charge in [-0.1, -0.05) is 34.1 Å². The van der Waals surface area contributed by atoms with E-state index in [-0.39, 0.29) is 5.78 Å². The topological polar surface area (TPSA) is 32.9 Å². The Morgan fingerprint density at radius 3 is 2.70 bits per heavy atom. The van der Waals surface area contributed by atoms with Gasteiger partial charge in [0.05, 0.1) is 0 Å². The number of halogens is 1. The highest BCUT2D eigenvalue weighted by Gasteiger charge is 2.16. The highest BCUT2D eigenvalue weighted by molar-refractivity contribution is 9.10. The number of H-pyrrole nitrogens is 1. The molecule has 0 saturated carbocycles. The smallest absolute Gasteiger partial charge is 0.195 e. The normalized spacial score (nSPS) is 10.9. The SMILES string of the molecule is Cc1cccc(C(=O)c2c[nH]c3ccc(Br)cc23)c1C. The quantitative estimate of drug-likeness (QED) is 0.675. The molecule has 0 fully saturated rings. The van der Waals surface area contributed by atoms with Gasteiger partial charge >= 0.3 is 0 Å². The van der Waals surface area contributed by atoms with E-state index in [4.69, 9.17) is 0 Å².